The maximum Gasteiger partial charge on any atom is 0.203 e. The summed E-state index contributed by atoms with van der Waals surface area (Å²) in [7, 11) is 4.94. The van der Waals surface area contributed by atoms with Crippen molar-refractivity contribution >= 4 is 10.9 Å². The van der Waals surface area contributed by atoms with Crippen molar-refractivity contribution in [3.05, 3.63) is 59.8 Å². The van der Waals surface area contributed by atoms with Crippen LogP contribution in [0.4, 0.5) is 0 Å². The molecule has 1 aromatic heterocycles. The number of aromatic nitrogens is 1. The molecule has 0 amide bonds. The van der Waals surface area contributed by atoms with E-state index < -0.39 is 0 Å². The van der Waals surface area contributed by atoms with Gasteiger partial charge in [-0.05, 0) is 36.6 Å². The molecule has 0 bridgehead atoms. The lowest BCUT2D eigenvalue weighted by molar-refractivity contribution is 0.0677. The Morgan fingerprint density at radius 1 is 0.935 bits per heavy atom. The first-order valence-corrected chi connectivity index (χ1v) is 10.7. The van der Waals surface area contributed by atoms with Gasteiger partial charge in [0, 0.05) is 43.4 Å². The van der Waals surface area contributed by atoms with Crippen molar-refractivity contribution in [2.24, 2.45) is 0 Å². The summed E-state index contributed by atoms with van der Waals surface area (Å²) < 4.78 is 22.7. The molecule has 0 spiro atoms. The molecule has 31 heavy (non-hydrogen) atoms. The minimum Gasteiger partial charge on any atom is -0.493 e. The number of methoxy groups -OCH3 is 3. The van der Waals surface area contributed by atoms with E-state index in [-0.39, 0.29) is 6.10 Å². The SMILES string of the molecule is COc1ccc(CN(Cc2cccc3ncccc23)CC2CCCO2)c(OC)c1OC. The van der Waals surface area contributed by atoms with Gasteiger partial charge in [0.05, 0.1) is 33.0 Å². The molecule has 3 aromatic rings. The molecule has 6 nitrogen and oxygen atoms in total. The fourth-order valence-electron chi connectivity index (χ4n) is 4.34. The second kappa shape index (κ2) is 9.98. The first-order chi connectivity index (χ1) is 15.2. The lowest BCUT2D eigenvalue weighted by atomic mass is 10.1. The van der Waals surface area contributed by atoms with Gasteiger partial charge in [-0.25, -0.2) is 0 Å². The van der Waals surface area contributed by atoms with Crippen LogP contribution in [0.5, 0.6) is 17.2 Å². The van der Waals surface area contributed by atoms with Gasteiger partial charge in [-0.1, -0.05) is 24.3 Å². The molecular weight excluding hydrogens is 392 g/mol. The van der Waals surface area contributed by atoms with Crippen molar-refractivity contribution < 1.29 is 18.9 Å². The highest BCUT2D eigenvalue weighted by Crippen LogP contribution is 2.40. The Bertz CT molecular complexity index is 1010. The number of fused-ring (bicyclic) bond motifs is 1. The molecule has 4 rings (SSSR count). The van der Waals surface area contributed by atoms with Gasteiger partial charge in [0.2, 0.25) is 5.75 Å². The fourth-order valence-corrected chi connectivity index (χ4v) is 4.34. The van der Waals surface area contributed by atoms with Crippen LogP contribution in [0, 0.1) is 0 Å². The van der Waals surface area contributed by atoms with E-state index in [4.69, 9.17) is 18.9 Å². The average Bonchev–Trinajstić information content (AvgIpc) is 3.32. The zero-order valence-corrected chi connectivity index (χ0v) is 18.5. The molecule has 164 valence electrons. The van der Waals surface area contributed by atoms with Gasteiger partial charge in [-0.2, -0.15) is 0 Å². The van der Waals surface area contributed by atoms with Gasteiger partial charge in [0.1, 0.15) is 0 Å². The Kier molecular flexibility index (Phi) is 6.89. The van der Waals surface area contributed by atoms with Gasteiger partial charge in [0.15, 0.2) is 11.5 Å². The number of rotatable bonds is 9. The Morgan fingerprint density at radius 3 is 2.52 bits per heavy atom. The number of pyridine rings is 1. The number of ether oxygens (including phenoxy) is 4. The van der Waals surface area contributed by atoms with Gasteiger partial charge >= 0.3 is 0 Å². The zero-order chi connectivity index (χ0) is 21.6. The van der Waals surface area contributed by atoms with E-state index >= 15 is 0 Å². The number of hydrogen-bond donors (Lipinski definition) is 0. The molecule has 1 aliphatic rings. The van der Waals surface area contributed by atoms with Gasteiger partial charge in [-0.3, -0.25) is 9.88 Å². The molecule has 6 heteroatoms. The molecule has 1 aliphatic heterocycles. The monoisotopic (exact) mass is 422 g/mol. The van der Waals surface area contributed by atoms with Crippen molar-refractivity contribution in [3.63, 3.8) is 0 Å². The summed E-state index contributed by atoms with van der Waals surface area (Å²) in [6.45, 7) is 3.20. The third-order valence-electron chi connectivity index (χ3n) is 5.80. The highest BCUT2D eigenvalue weighted by atomic mass is 16.5. The van der Waals surface area contributed by atoms with Gasteiger partial charge < -0.3 is 18.9 Å². The summed E-state index contributed by atoms with van der Waals surface area (Å²) in [4.78, 5) is 6.93. The normalized spacial score (nSPS) is 16.1. The summed E-state index contributed by atoms with van der Waals surface area (Å²) in [5.41, 5.74) is 3.32. The van der Waals surface area contributed by atoms with Crippen LogP contribution >= 0.6 is 0 Å². The van der Waals surface area contributed by atoms with Crippen LogP contribution < -0.4 is 14.2 Å². The maximum atomic E-state index is 5.95. The summed E-state index contributed by atoms with van der Waals surface area (Å²) in [6, 6.07) is 14.4. The minimum atomic E-state index is 0.249. The first kappa shape index (κ1) is 21.4. The third kappa shape index (κ3) is 4.75. The zero-order valence-electron chi connectivity index (χ0n) is 18.5. The summed E-state index contributed by atoms with van der Waals surface area (Å²) >= 11 is 0. The van der Waals surface area contributed by atoms with Crippen molar-refractivity contribution in [1.29, 1.82) is 0 Å². The van der Waals surface area contributed by atoms with Crippen LogP contribution in [0.2, 0.25) is 0 Å². The summed E-state index contributed by atoms with van der Waals surface area (Å²) in [5.74, 6) is 1.99. The third-order valence-corrected chi connectivity index (χ3v) is 5.80. The number of benzene rings is 2. The summed E-state index contributed by atoms with van der Waals surface area (Å²) in [5, 5.41) is 1.18. The van der Waals surface area contributed by atoms with E-state index in [1.54, 1.807) is 21.3 Å². The van der Waals surface area contributed by atoms with Crippen LogP contribution in [-0.4, -0.2) is 50.5 Å². The van der Waals surface area contributed by atoms with E-state index in [9.17, 15) is 0 Å². The molecule has 1 unspecified atom stereocenters. The maximum absolute atomic E-state index is 5.95. The second-order valence-corrected chi connectivity index (χ2v) is 7.79. The van der Waals surface area contributed by atoms with E-state index in [1.165, 1.54) is 10.9 Å². The molecule has 2 aromatic carbocycles. The number of nitrogens with zero attached hydrogens (tertiary/aromatic N) is 2. The number of hydrogen-bond acceptors (Lipinski definition) is 6. The largest absolute Gasteiger partial charge is 0.493 e. The lowest BCUT2D eigenvalue weighted by Crippen LogP contribution is -2.31. The van der Waals surface area contributed by atoms with Crippen LogP contribution in [0.3, 0.4) is 0 Å². The smallest absolute Gasteiger partial charge is 0.203 e. The van der Waals surface area contributed by atoms with E-state index in [2.05, 4.69) is 34.1 Å². The Labute approximate surface area is 183 Å². The first-order valence-electron chi connectivity index (χ1n) is 10.7. The minimum absolute atomic E-state index is 0.249. The van der Waals surface area contributed by atoms with Crippen LogP contribution in [0.1, 0.15) is 24.0 Å². The van der Waals surface area contributed by atoms with Crippen LogP contribution in [0.15, 0.2) is 48.7 Å². The van der Waals surface area contributed by atoms with Crippen molar-refractivity contribution in [3.8, 4) is 17.2 Å². The summed E-state index contributed by atoms with van der Waals surface area (Å²) in [6.07, 6.45) is 4.30. The topological polar surface area (TPSA) is 53.1 Å². The predicted molar refractivity (Wildman–Crippen MR) is 121 cm³/mol. The molecule has 1 atom stereocenters. The molecule has 1 saturated heterocycles. The fraction of sp³-hybridized carbons (Fsp3) is 0.400. The Morgan fingerprint density at radius 2 is 1.77 bits per heavy atom. The Balaban J connectivity index is 1.65. The van der Waals surface area contributed by atoms with E-state index in [0.29, 0.717) is 23.8 Å². The predicted octanol–water partition coefficient (Wildman–Crippen LogP) is 4.44. The molecule has 2 heterocycles. The molecule has 0 radical (unpaired) electrons. The standard InChI is InChI=1S/C25H30N2O4/c1-28-23-12-11-19(24(29-2)25(23)30-3)16-27(17-20-8-6-14-31-20)15-18-7-4-10-22-21(18)9-5-13-26-22/h4-5,7,9-13,20H,6,8,14-17H2,1-3H3. The molecule has 1 fully saturated rings. The van der Waals surface area contributed by atoms with Crippen LogP contribution in [0.25, 0.3) is 10.9 Å². The highest BCUT2D eigenvalue weighted by Gasteiger charge is 2.23. The van der Waals surface area contributed by atoms with Crippen molar-refractivity contribution in [2.75, 3.05) is 34.5 Å². The average molecular weight is 423 g/mol. The lowest BCUT2D eigenvalue weighted by Gasteiger charge is -2.27. The highest BCUT2D eigenvalue weighted by molar-refractivity contribution is 5.81. The van der Waals surface area contributed by atoms with Gasteiger partial charge in [-0.15, -0.1) is 0 Å². The molecule has 0 aliphatic carbocycles. The van der Waals surface area contributed by atoms with E-state index in [0.717, 1.165) is 43.6 Å². The second-order valence-electron chi connectivity index (χ2n) is 7.79. The van der Waals surface area contributed by atoms with Crippen molar-refractivity contribution in [2.45, 2.75) is 32.0 Å². The quantitative estimate of drug-likeness (QED) is 0.508. The molecule has 0 N–H and O–H groups in total. The Hall–Kier alpha value is -2.83. The molecular formula is C25H30N2O4. The van der Waals surface area contributed by atoms with Gasteiger partial charge in [0.25, 0.3) is 0 Å². The van der Waals surface area contributed by atoms with Crippen LogP contribution in [-0.2, 0) is 17.8 Å². The van der Waals surface area contributed by atoms with E-state index in [1.807, 2.05) is 24.4 Å². The van der Waals surface area contributed by atoms with Crippen molar-refractivity contribution in [1.82, 2.24) is 9.88 Å². The molecule has 0 saturated carbocycles.